The molecule has 2 rings (SSSR count). The number of hydrogen-bond acceptors (Lipinski definition) is 3. The molecule has 1 fully saturated rings. The maximum Gasteiger partial charge on any atom is 0.226 e. The number of rotatable bonds is 6. The molecule has 0 unspecified atom stereocenters. The van der Waals surface area contributed by atoms with Crippen LogP contribution in [0.15, 0.2) is 24.3 Å². The van der Waals surface area contributed by atoms with Crippen molar-refractivity contribution in [3.05, 3.63) is 30.1 Å². The van der Waals surface area contributed by atoms with E-state index in [0.29, 0.717) is 18.9 Å². The van der Waals surface area contributed by atoms with Gasteiger partial charge in [-0.1, -0.05) is 6.42 Å². The van der Waals surface area contributed by atoms with E-state index in [2.05, 4.69) is 0 Å². The van der Waals surface area contributed by atoms with Gasteiger partial charge < -0.3 is 15.4 Å². The molecule has 1 saturated carbocycles. The molecule has 0 heterocycles. The number of benzene rings is 1. The van der Waals surface area contributed by atoms with Gasteiger partial charge in [0.15, 0.2) is 0 Å². The fourth-order valence-electron chi connectivity index (χ4n) is 2.71. The predicted molar refractivity (Wildman–Crippen MR) is 79.5 cm³/mol. The van der Waals surface area contributed by atoms with E-state index in [4.69, 9.17) is 10.5 Å². The van der Waals surface area contributed by atoms with E-state index in [1.54, 1.807) is 17.0 Å². The summed E-state index contributed by atoms with van der Waals surface area (Å²) in [6.45, 7) is 1.14. The Hall–Kier alpha value is -1.62. The third kappa shape index (κ3) is 4.43. The minimum absolute atomic E-state index is 0.00964. The fourth-order valence-corrected chi connectivity index (χ4v) is 2.71. The zero-order chi connectivity index (χ0) is 15.2. The number of carbonyl (C=O) groups excluding carboxylic acids is 1. The number of amides is 1. The molecule has 0 spiro atoms. The van der Waals surface area contributed by atoms with Gasteiger partial charge in [-0.25, -0.2) is 4.39 Å². The standard InChI is InChI=1S/C16H23FN2O2/c1-19(16(20)14-4-2-5-15(14)18)10-3-11-21-13-8-6-12(17)7-9-13/h6-9,14-15H,2-5,10-11,18H2,1H3/t14-,15+/m1/s1. The Morgan fingerprint density at radius 3 is 2.71 bits per heavy atom. The second-order valence-electron chi connectivity index (χ2n) is 5.62. The number of halogens is 1. The molecule has 1 amide bonds. The van der Waals surface area contributed by atoms with Gasteiger partial charge in [0.25, 0.3) is 0 Å². The largest absolute Gasteiger partial charge is 0.494 e. The van der Waals surface area contributed by atoms with Crippen molar-refractivity contribution >= 4 is 5.91 Å². The molecule has 1 aliphatic rings. The van der Waals surface area contributed by atoms with E-state index in [1.165, 1.54) is 12.1 Å². The molecule has 2 N–H and O–H groups in total. The van der Waals surface area contributed by atoms with Crippen LogP contribution in [-0.2, 0) is 4.79 Å². The first kappa shape index (κ1) is 15.8. The maximum absolute atomic E-state index is 12.7. The van der Waals surface area contributed by atoms with Crippen LogP contribution in [0.25, 0.3) is 0 Å². The molecule has 1 aliphatic carbocycles. The van der Waals surface area contributed by atoms with E-state index in [-0.39, 0.29) is 23.7 Å². The van der Waals surface area contributed by atoms with Gasteiger partial charge in [0, 0.05) is 19.6 Å². The second kappa shape index (κ2) is 7.41. The summed E-state index contributed by atoms with van der Waals surface area (Å²) in [5.74, 6) is 0.485. The highest BCUT2D eigenvalue weighted by Gasteiger charge is 2.31. The van der Waals surface area contributed by atoms with Crippen LogP contribution in [0.4, 0.5) is 4.39 Å². The molecule has 0 aliphatic heterocycles. The Bertz CT molecular complexity index is 464. The third-order valence-corrected chi connectivity index (χ3v) is 3.98. The van der Waals surface area contributed by atoms with Crippen molar-refractivity contribution in [3.8, 4) is 5.75 Å². The van der Waals surface area contributed by atoms with E-state index in [1.807, 2.05) is 7.05 Å². The molecule has 0 saturated heterocycles. The average Bonchev–Trinajstić information content (AvgIpc) is 2.90. The summed E-state index contributed by atoms with van der Waals surface area (Å²) in [5, 5.41) is 0. The summed E-state index contributed by atoms with van der Waals surface area (Å²) in [6.07, 6.45) is 3.62. The molecule has 0 aromatic heterocycles. The Labute approximate surface area is 125 Å². The summed E-state index contributed by atoms with van der Waals surface area (Å²) in [6, 6.07) is 5.94. The summed E-state index contributed by atoms with van der Waals surface area (Å²) in [5.41, 5.74) is 5.96. The molecular formula is C16H23FN2O2. The van der Waals surface area contributed by atoms with Crippen LogP contribution in [0.2, 0.25) is 0 Å². The van der Waals surface area contributed by atoms with Crippen LogP contribution in [-0.4, -0.2) is 37.0 Å². The van der Waals surface area contributed by atoms with Gasteiger partial charge in [-0.15, -0.1) is 0 Å². The van der Waals surface area contributed by atoms with Crippen LogP contribution in [0.3, 0.4) is 0 Å². The highest BCUT2D eigenvalue weighted by molar-refractivity contribution is 5.79. The predicted octanol–water partition coefficient (Wildman–Crippen LogP) is 2.18. The van der Waals surface area contributed by atoms with Crippen LogP contribution >= 0.6 is 0 Å². The van der Waals surface area contributed by atoms with E-state index in [9.17, 15) is 9.18 Å². The Kier molecular flexibility index (Phi) is 5.56. The number of ether oxygens (including phenoxy) is 1. The quantitative estimate of drug-likeness (QED) is 0.818. The molecule has 1 aromatic carbocycles. The Morgan fingerprint density at radius 2 is 2.10 bits per heavy atom. The van der Waals surface area contributed by atoms with Gasteiger partial charge in [-0.3, -0.25) is 4.79 Å². The first-order valence-electron chi connectivity index (χ1n) is 7.47. The molecule has 0 bridgehead atoms. The fraction of sp³-hybridized carbons (Fsp3) is 0.562. The van der Waals surface area contributed by atoms with Crippen molar-refractivity contribution < 1.29 is 13.9 Å². The molecular weight excluding hydrogens is 271 g/mol. The lowest BCUT2D eigenvalue weighted by molar-refractivity contribution is -0.134. The Balaban J connectivity index is 1.68. The smallest absolute Gasteiger partial charge is 0.226 e. The average molecular weight is 294 g/mol. The number of nitrogens with two attached hydrogens (primary N) is 1. The van der Waals surface area contributed by atoms with Crippen LogP contribution in [0.1, 0.15) is 25.7 Å². The minimum atomic E-state index is -0.277. The lowest BCUT2D eigenvalue weighted by Crippen LogP contribution is -2.40. The van der Waals surface area contributed by atoms with Crippen molar-refractivity contribution in [1.82, 2.24) is 4.90 Å². The lowest BCUT2D eigenvalue weighted by Gasteiger charge is -2.23. The number of carbonyl (C=O) groups is 1. The molecule has 1 aromatic rings. The van der Waals surface area contributed by atoms with Crippen LogP contribution in [0, 0.1) is 11.7 Å². The highest BCUT2D eigenvalue weighted by Crippen LogP contribution is 2.25. The number of hydrogen-bond donors (Lipinski definition) is 1. The van der Waals surface area contributed by atoms with Gasteiger partial charge in [-0.2, -0.15) is 0 Å². The van der Waals surface area contributed by atoms with Crippen LogP contribution in [0.5, 0.6) is 5.75 Å². The molecule has 0 radical (unpaired) electrons. The number of nitrogens with zero attached hydrogens (tertiary/aromatic N) is 1. The third-order valence-electron chi connectivity index (χ3n) is 3.98. The summed E-state index contributed by atoms with van der Waals surface area (Å²) in [7, 11) is 1.81. The van der Waals surface area contributed by atoms with Crippen molar-refractivity contribution in [2.75, 3.05) is 20.2 Å². The zero-order valence-electron chi connectivity index (χ0n) is 12.4. The van der Waals surface area contributed by atoms with Crippen molar-refractivity contribution in [2.45, 2.75) is 31.7 Å². The van der Waals surface area contributed by atoms with Crippen molar-refractivity contribution in [1.29, 1.82) is 0 Å². The summed E-state index contributed by atoms with van der Waals surface area (Å²) < 4.78 is 18.2. The first-order valence-corrected chi connectivity index (χ1v) is 7.47. The van der Waals surface area contributed by atoms with Gasteiger partial charge in [0.05, 0.1) is 12.5 Å². The summed E-state index contributed by atoms with van der Waals surface area (Å²) >= 11 is 0. The highest BCUT2D eigenvalue weighted by atomic mass is 19.1. The van der Waals surface area contributed by atoms with E-state index in [0.717, 1.165) is 25.7 Å². The van der Waals surface area contributed by atoms with Crippen molar-refractivity contribution in [2.24, 2.45) is 11.7 Å². The first-order chi connectivity index (χ1) is 10.1. The van der Waals surface area contributed by atoms with E-state index >= 15 is 0 Å². The maximum atomic E-state index is 12.7. The zero-order valence-corrected chi connectivity index (χ0v) is 12.4. The van der Waals surface area contributed by atoms with E-state index < -0.39 is 0 Å². The van der Waals surface area contributed by atoms with Gasteiger partial charge in [0.2, 0.25) is 5.91 Å². The lowest BCUT2D eigenvalue weighted by atomic mass is 10.0. The van der Waals surface area contributed by atoms with Gasteiger partial charge in [-0.05, 0) is 43.5 Å². The molecule has 5 heteroatoms. The molecule has 116 valence electrons. The SMILES string of the molecule is CN(CCCOc1ccc(F)cc1)C(=O)[C@@H]1CCC[C@@H]1N. The Morgan fingerprint density at radius 1 is 1.38 bits per heavy atom. The van der Waals surface area contributed by atoms with Crippen molar-refractivity contribution in [3.63, 3.8) is 0 Å². The molecule has 4 nitrogen and oxygen atoms in total. The topological polar surface area (TPSA) is 55.6 Å². The minimum Gasteiger partial charge on any atom is -0.494 e. The summed E-state index contributed by atoms with van der Waals surface area (Å²) in [4.78, 5) is 14.0. The second-order valence-corrected chi connectivity index (χ2v) is 5.62. The van der Waals surface area contributed by atoms with Gasteiger partial charge >= 0.3 is 0 Å². The van der Waals surface area contributed by atoms with Gasteiger partial charge in [0.1, 0.15) is 11.6 Å². The normalized spacial score (nSPS) is 21.3. The molecule has 21 heavy (non-hydrogen) atoms. The monoisotopic (exact) mass is 294 g/mol. The molecule has 2 atom stereocenters. The van der Waals surface area contributed by atoms with Crippen LogP contribution < -0.4 is 10.5 Å².